The first-order valence-corrected chi connectivity index (χ1v) is 7.10. The fraction of sp³-hybridized carbons (Fsp3) is 0.818. The molecule has 0 saturated carbocycles. The van der Waals surface area contributed by atoms with E-state index in [-0.39, 0.29) is 23.8 Å². The summed E-state index contributed by atoms with van der Waals surface area (Å²) in [4.78, 5) is 22.5. The van der Waals surface area contributed by atoms with Crippen molar-refractivity contribution in [1.29, 1.82) is 0 Å². The largest absolute Gasteiger partial charge is 0.479 e. The van der Waals surface area contributed by atoms with E-state index in [0.717, 1.165) is 0 Å². The number of thioether (sulfide) groups is 1. The summed E-state index contributed by atoms with van der Waals surface area (Å²) in [6, 6.07) is -0.190. The van der Waals surface area contributed by atoms with Gasteiger partial charge in [0.05, 0.1) is 6.61 Å². The molecule has 0 spiro atoms. The van der Waals surface area contributed by atoms with Crippen LogP contribution in [0.2, 0.25) is 0 Å². The van der Waals surface area contributed by atoms with Crippen LogP contribution in [-0.2, 0) is 14.3 Å². The van der Waals surface area contributed by atoms with Crippen LogP contribution >= 0.6 is 11.8 Å². The Morgan fingerprint density at radius 3 is 2.50 bits per heavy atom. The third kappa shape index (κ3) is 3.86. The lowest BCUT2D eigenvalue weighted by atomic mass is 10.1. The van der Waals surface area contributed by atoms with Gasteiger partial charge in [-0.15, -0.1) is 0 Å². The Balaban J connectivity index is 2.44. The molecule has 0 radical (unpaired) electrons. The molecule has 1 heterocycles. The standard InChI is InChI=1S/C11H19NO5S/c1-6(9(5-13)18-2)12-10(14)7-3-4-8(17-7)11(15)16/h6-9,13H,3-5H2,1-2H3,(H,12,14)(H,15,16). The van der Waals surface area contributed by atoms with Gasteiger partial charge in [0.1, 0.15) is 6.10 Å². The molecule has 4 atom stereocenters. The van der Waals surface area contributed by atoms with Gasteiger partial charge in [0, 0.05) is 11.3 Å². The third-order valence-corrected chi connectivity index (χ3v) is 4.16. The van der Waals surface area contributed by atoms with E-state index >= 15 is 0 Å². The van der Waals surface area contributed by atoms with E-state index in [0.29, 0.717) is 12.8 Å². The Labute approximate surface area is 110 Å². The summed E-state index contributed by atoms with van der Waals surface area (Å²) in [5.74, 6) is -1.34. The zero-order valence-electron chi connectivity index (χ0n) is 10.5. The number of carboxylic acids is 1. The van der Waals surface area contributed by atoms with Crippen LogP contribution in [0.5, 0.6) is 0 Å². The van der Waals surface area contributed by atoms with Crippen molar-refractivity contribution in [1.82, 2.24) is 5.32 Å². The van der Waals surface area contributed by atoms with Crippen molar-refractivity contribution >= 4 is 23.6 Å². The molecule has 1 amide bonds. The van der Waals surface area contributed by atoms with Crippen molar-refractivity contribution in [3.05, 3.63) is 0 Å². The van der Waals surface area contributed by atoms with Crippen LogP contribution in [0.15, 0.2) is 0 Å². The summed E-state index contributed by atoms with van der Waals surface area (Å²) in [6.07, 6.45) is 1.04. The molecule has 1 aliphatic heterocycles. The van der Waals surface area contributed by atoms with Crippen molar-refractivity contribution in [3.8, 4) is 0 Å². The van der Waals surface area contributed by atoms with Gasteiger partial charge < -0.3 is 20.3 Å². The van der Waals surface area contributed by atoms with Crippen LogP contribution in [0.4, 0.5) is 0 Å². The van der Waals surface area contributed by atoms with Crippen LogP contribution in [0.1, 0.15) is 19.8 Å². The Kier molecular flexibility index (Phi) is 5.90. The number of aliphatic hydroxyl groups excluding tert-OH is 1. The minimum Gasteiger partial charge on any atom is -0.479 e. The first-order chi connectivity index (χ1) is 8.49. The predicted octanol–water partition coefficient (Wildman–Crippen LogP) is -0.153. The molecule has 7 heteroatoms. The van der Waals surface area contributed by atoms with Crippen molar-refractivity contribution in [2.75, 3.05) is 12.9 Å². The van der Waals surface area contributed by atoms with Gasteiger partial charge in [0.25, 0.3) is 0 Å². The van der Waals surface area contributed by atoms with E-state index in [1.807, 2.05) is 6.26 Å². The maximum Gasteiger partial charge on any atom is 0.332 e. The van der Waals surface area contributed by atoms with Crippen molar-refractivity contribution in [3.63, 3.8) is 0 Å². The molecule has 18 heavy (non-hydrogen) atoms. The topological polar surface area (TPSA) is 95.9 Å². The minimum atomic E-state index is -1.03. The maximum absolute atomic E-state index is 11.8. The highest BCUT2D eigenvalue weighted by Gasteiger charge is 2.35. The number of ether oxygens (including phenoxy) is 1. The molecule has 0 bridgehead atoms. The minimum absolute atomic E-state index is 0.0219. The quantitative estimate of drug-likeness (QED) is 0.625. The Bertz CT molecular complexity index is 308. The highest BCUT2D eigenvalue weighted by atomic mass is 32.2. The number of hydrogen-bond donors (Lipinski definition) is 3. The molecule has 104 valence electrons. The van der Waals surface area contributed by atoms with Gasteiger partial charge in [-0.2, -0.15) is 11.8 Å². The lowest BCUT2D eigenvalue weighted by Crippen LogP contribution is -2.45. The van der Waals surface area contributed by atoms with Crippen LogP contribution in [0.25, 0.3) is 0 Å². The van der Waals surface area contributed by atoms with Gasteiger partial charge >= 0.3 is 5.97 Å². The average molecular weight is 277 g/mol. The molecule has 4 unspecified atom stereocenters. The van der Waals surface area contributed by atoms with Crippen molar-refractivity contribution < 1.29 is 24.5 Å². The van der Waals surface area contributed by atoms with E-state index in [1.165, 1.54) is 11.8 Å². The van der Waals surface area contributed by atoms with E-state index in [2.05, 4.69) is 5.32 Å². The van der Waals surface area contributed by atoms with Crippen LogP contribution < -0.4 is 5.32 Å². The van der Waals surface area contributed by atoms with E-state index in [4.69, 9.17) is 14.9 Å². The Hall–Kier alpha value is -0.790. The second-order valence-corrected chi connectivity index (χ2v) is 5.36. The van der Waals surface area contributed by atoms with Crippen LogP contribution in [0.3, 0.4) is 0 Å². The molecule has 1 rings (SSSR count). The lowest BCUT2D eigenvalue weighted by Gasteiger charge is -2.22. The van der Waals surface area contributed by atoms with Gasteiger partial charge in [-0.3, -0.25) is 4.79 Å². The lowest BCUT2D eigenvalue weighted by molar-refractivity contribution is -0.151. The first kappa shape index (κ1) is 15.3. The summed E-state index contributed by atoms with van der Waals surface area (Å²) in [7, 11) is 0. The van der Waals surface area contributed by atoms with Crippen molar-refractivity contribution in [2.45, 2.75) is 43.3 Å². The predicted molar refractivity (Wildman–Crippen MR) is 67.5 cm³/mol. The van der Waals surface area contributed by atoms with E-state index in [1.54, 1.807) is 6.92 Å². The zero-order chi connectivity index (χ0) is 13.7. The Morgan fingerprint density at radius 2 is 2.06 bits per heavy atom. The van der Waals surface area contributed by atoms with E-state index in [9.17, 15) is 9.59 Å². The summed E-state index contributed by atoms with van der Waals surface area (Å²) in [5.41, 5.74) is 0. The van der Waals surface area contributed by atoms with Gasteiger partial charge in [0.2, 0.25) is 5.91 Å². The highest BCUT2D eigenvalue weighted by molar-refractivity contribution is 7.99. The number of aliphatic hydroxyl groups is 1. The fourth-order valence-electron chi connectivity index (χ4n) is 1.86. The number of amides is 1. The number of carbonyl (C=O) groups excluding carboxylic acids is 1. The van der Waals surface area contributed by atoms with Crippen LogP contribution in [-0.4, -0.2) is 58.5 Å². The SMILES string of the molecule is CSC(CO)C(C)NC(=O)C1CCC(C(=O)O)O1. The van der Waals surface area contributed by atoms with Gasteiger partial charge in [-0.05, 0) is 26.0 Å². The van der Waals surface area contributed by atoms with Gasteiger partial charge in [-0.25, -0.2) is 4.79 Å². The summed E-state index contributed by atoms with van der Waals surface area (Å²) in [6.45, 7) is 1.78. The number of rotatable bonds is 6. The number of carboxylic acid groups (broad SMARTS) is 1. The van der Waals surface area contributed by atoms with Crippen LogP contribution in [0, 0.1) is 0 Å². The third-order valence-electron chi connectivity index (χ3n) is 3.00. The molecule has 0 aromatic heterocycles. The molecule has 0 aliphatic carbocycles. The zero-order valence-corrected chi connectivity index (χ0v) is 11.3. The maximum atomic E-state index is 11.8. The molecule has 6 nitrogen and oxygen atoms in total. The fourth-order valence-corrected chi connectivity index (χ4v) is 2.48. The second kappa shape index (κ2) is 6.96. The second-order valence-electron chi connectivity index (χ2n) is 4.28. The molecule has 0 aromatic rings. The molecular formula is C11H19NO5S. The average Bonchev–Trinajstić information content (AvgIpc) is 2.79. The summed E-state index contributed by atoms with van der Waals surface area (Å²) < 4.78 is 5.15. The number of carbonyl (C=O) groups is 2. The number of aliphatic carboxylic acids is 1. The molecule has 0 aromatic carbocycles. The summed E-state index contributed by atoms with van der Waals surface area (Å²) in [5, 5.41) is 20.5. The molecule has 1 saturated heterocycles. The molecule has 3 N–H and O–H groups in total. The van der Waals surface area contributed by atoms with Crippen molar-refractivity contribution in [2.24, 2.45) is 0 Å². The molecular weight excluding hydrogens is 258 g/mol. The van der Waals surface area contributed by atoms with E-state index < -0.39 is 18.2 Å². The molecule has 1 fully saturated rings. The number of nitrogens with one attached hydrogen (secondary N) is 1. The first-order valence-electron chi connectivity index (χ1n) is 5.81. The highest BCUT2D eigenvalue weighted by Crippen LogP contribution is 2.20. The Morgan fingerprint density at radius 1 is 1.44 bits per heavy atom. The molecule has 1 aliphatic rings. The monoisotopic (exact) mass is 277 g/mol. The summed E-state index contributed by atoms with van der Waals surface area (Å²) >= 11 is 1.47. The normalized spacial score (nSPS) is 26.6. The smallest absolute Gasteiger partial charge is 0.332 e. The van der Waals surface area contributed by atoms with Gasteiger partial charge in [-0.1, -0.05) is 0 Å². The van der Waals surface area contributed by atoms with Gasteiger partial charge in [0.15, 0.2) is 6.10 Å². The number of hydrogen-bond acceptors (Lipinski definition) is 5.